The molecule has 1 aromatic heterocycles. The highest BCUT2D eigenvalue weighted by Gasteiger charge is 2.25. The number of anilines is 1. The second-order valence-corrected chi connectivity index (χ2v) is 7.52. The Hall–Kier alpha value is -1.80. The Morgan fingerprint density at radius 1 is 1.21 bits per heavy atom. The number of nitrogens with zero attached hydrogens (tertiary/aromatic N) is 2. The number of hydrogen-bond acceptors (Lipinski definition) is 5. The molecule has 0 saturated carbocycles. The van der Waals surface area contributed by atoms with Gasteiger partial charge in [-0.3, -0.25) is 14.9 Å². The van der Waals surface area contributed by atoms with E-state index in [-0.39, 0.29) is 17.7 Å². The fourth-order valence-electron chi connectivity index (χ4n) is 1.99. The van der Waals surface area contributed by atoms with Gasteiger partial charge in [-0.05, 0) is 36.6 Å². The fraction of sp³-hybridized carbons (Fsp3) is 0.375. The highest BCUT2D eigenvalue weighted by atomic mass is 79.9. The number of halogens is 1. The van der Waals surface area contributed by atoms with E-state index in [1.807, 2.05) is 20.8 Å². The van der Waals surface area contributed by atoms with Gasteiger partial charge in [0.1, 0.15) is 11.0 Å². The summed E-state index contributed by atoms with van der Waals surface area (Å²) in [4.78, 5) is 24.8. The molecule has 1 heterocycles. The lowest BCUT2D eigenvalue weighted by Crippen LogP contribution is -2.47. The normalized spacial score (nSPS) is 12.0. The molecule has 0 aliphatic heterocycles. The summed E-state index contributed by atoms with van der Waals surface area (Å²) in [5, 5.41) is 14.7. The van der Waals surface area contributed by atoms with Crippen LogP contribution in [0.25, 0.3) is 0 Å². The van der Waals surface area contributed by atoms with Crippen molar-refractivity contribution in [2.45, 2.75) is 33.2 Å². The number of nitrogens with one attached hydrogen (secondary N) is 2. The van der Waals surface area contributed by atoms with Crippen molar-refractivity contribution in [3.63, 3.8) is 0 Å². The van der Waals surface area contributed by atoms with Crippen molar-refractivity contribution in [3.05, 3.63) is 39.3 Å². The number of aromatic nitrogens is 2. The van der Waals surface area contributed by atoms with E-state index in [0.29, 0.717) is 10.7 Å². The minimum atomic E-state index is -0.657. The molecule has 0 fully saturated rings. The summed E-state index contributed by atoms with van der Waals surface area (Å²) in [5.41, 5.74) is 0.501. The number of rotatable bonds is 6. The van der Waals surface area contributed by atoms with Gasteiger partial charge < -0.3 is 5.32 Å². The Bertz CT molecular complexity index is 715. The maximum Gasteiger partial charge on any atom is 0.251 e. The van der Waals surface area contributed by atoms with Crippen LogP contribution in [0.15, 0.2) is 28.7 Å². The highest BCUT2D eigenvalue weighted by Crippen LogP contribution is 2.17. The first-order chi connectivity index (χ1) is 11.4. The van der Waals surface area contributed by atoms with Gasteiger partial charge in [-0.15, -0.1) is 10.2 Å². The van der Waals surface area contributed by atoms with Gasteiger partial charge in [0, 0.05) is 10.0 Å². The quantitative estimate of drug-likeness (QED) is 0.765. The summed E-state index contributed by atoms with van der Waals surface area (Å²) >= 11 is 4.66. The Labute approximate surface area is 153 Å². The van der Waals surface area contributed by atoms with Gasteiger partial charge in [-0.1, -0.05) is 48.0 Å². The molecule has 1 aromatic carbocycles. The van der Waals surface area contributed by atoms with Crippen molar-refractivity contribution in [1.29, 1.82) is 0 Å². The van der Waals surface area contributed by atoms with E-state index in [0.717, 1.165) is 15.9 Å². The summed E-state index contributed by atoms with van der Waals surface area (Å²) in [7, 11) is 0. The minimum Gasteiger partial charge on any atom is -0.340 e. The van der Waals surface area contributed by atoms with E-state index >= 15 is 0 Å². The van der Waals surface area contributed by atoms with Crippen LogP contribution in [0.4, 0.5) is 5.13 Å². The molecule has 1 atom stereocenters. The average Bonchev–Trinajstić information content (AvgIpc) is 3.00. The molecule has 6 nitrogen and oxygen atoms in total. The Balaban J connectivity index is 2.06. The van der Waals surface area contributed by atoms with Gasteiger partial charge in [0.2, 0.25) is 11.0 Å². The van der Waals surface area contributed by atoms with Gasteiger partial charge in [0.25, 0.3) is 5.91 Å². The van der Waals surface area contributed by atoms with E-state index in [2.05, 4.69) is 36.8 Å². The molecule has 2 rings (SSSR count). The molecule has 0 spiro atoms. The van der Waals surface area contributed by atoms with Gasteiger partial charge >= 0.3 is 0 Å². The van der Waals surface area contributed by atoms with Crippen LogP contribution in [-0.2, 0) is 11.2 Å². The molecular weight excluding hydrogens is 392 g/mol. The third-order valence-electron chi connectivity index (χ3n) is 3.34. The summed E-state index contributed by atoms with van der Waals surface area (Å²) in [5.74, 6) is -0.653. The Morgan fingerprint density at radius 3 is 2.42 bits per heavy atom. The molecule has 128 valence electrons. The van der Waals surface area contributed by atoms with E-state index in [9.17, 15) is 9.59 Å². The molecule has 0 bridgehead atoms. The number of amides is 2. The summed E-state index contributed by atoms with van der Waals surface area (Å²) in [6, 6.07) is 6.31. The van der Waals surface area contributed by atoms with Crippen LogP contribution < -0.4 is 10.6 Å². The molecular formula is C16H19BrN4O2S. The van der Waals surface area contributed by atoms with Crippen molar-refractivity contribution >= 4 is 44.2 Å². The minimum absolute atomic E-state index is 0.0667. The first-order valence-corrected chi connectivity index (χ1v) is 9.21. The van der Waals surface area contributed by atoms with Crippen LogP contribution in [0.1, 0.15) is 36.1 Å². The largest absolute Gasteiger partial charge is 0.340 e. The SMILES string of the molecule is CCc1nnc(NC(=O)[C@@H](NC(=O)c2ccc(Br)cc2)C(C)C)s1. The topological polar surface area (TPSA) is 84.0 Å². The third-order valence-corrected chi connectivity index (χ3v) is 4.85. The zero-order valence-electron chi connectivity index (χ0n) is 13.7. The van der Waals surface area contributed by atoms with E-state index in [1.54, 1.807) is 24.3 Å². The lowest BCUT2D eigenvalue weighted by Gasteiger charge is -2.21. The maximum atomic E-state index is 12.5. The zero-order chi connectivity index (χ0) is 17.7. The standard InChI is InChI=1S/C16H19BrN4O2S/c1-4-12-20-21-16(24-12)19-15(23)13(9(2)3)18-14(22)10-5-7-11(17)8-6-10/h5-9,13H,4H2,1-3H3,(H,18,22)(H,19,21,23)/t13-/m0/s1. The average molecular weight is 411 g/mol. The molecule has 2 amide bonds. The van der Waals surface area contributed by atoms with Crippen molar-refractivity contribution < 1.29 is 9.59 Å². The fourth-order valence-corrected chi connectivity index (χ4v) is 2.94. The van der Waals surface area contributed by atoms with Crippen molar-refractivity contribution in [3.8, 4) is 0 Å². The van der Waals surface area contributed by atoms with Crippen LogP contribution in [-0.4, -0.2) is 28.1 Å². The highest BCUT2D eigenvalue weighted by molar-refractivity contribution is 9.10. The van der Waals surface area contributed by atoms with Gasteiger partial charge in [0.05, 0.1) is 0 Å². The van der Waals surface area contributed by atoms with Gasteiger partial charge in [0.15, 0.2) is 0 Å². The molecule has 24 heavy (non-hydrogen) atoms. The third kappa shape index (κ3) is 4.85. The van der Waals surface area contributed by atoms with E-state index < -0.39 is 6.04 Å². The van der Waals surface area contributed by atoms with E-state index in [1.165, 1.54) is 11.3 Å². The zero-order valence-corrected chi connectivity index (χ0v) is 16.1. The lowest BCUT2D eigenvalue weighted by atomic mass is 10.0. The maximum absolute atomic E-state index is 12.5. The molecule has 0 saturated heterocycles. The van der Waals surface area contributed by atoms with Gasteiger partial charge in [-0.2, -0.15) is 0 Å². The van der Waals surface area contributed by atoms with E-state index in [4.69, 9.17) is 0 Å². The summed E-state index contributed by atoms with van der Waals surface area (Å²) < 4.78 is 0.889. The van der Waals surface area contributed by atoms with Gasteiger partial charge in [-0.25, -0.2) is 0 Å². The molecule has 0 unspecified atom stereocenters. The first kappa shape index (κ1) is 18.5. The monoisotopic (exact) mass is 410 g/mol. The second-order valence-electron chi connectivity index (χ2n) is 5.55. The first-order valence-electron chi connectivity index (χ1n) is 7.60. The molecule has 0 aliphatic carbocycles. The van der Waals surface area contributed by atoms with Crippen molar-refractivity contribution in [1.82, 2.24) is 15.5 Å². The number of hydrogen-bond donors (Lipinski definition) is 2. The number of carbonyl (C=O) groups excluding carboxylic acids is 2. The van der Waals surface area contributed by atoms with Crippen LogP contribution in [0.3, 0.4) is 0 Å². The predicted molar refractivity (Wildman–Crippen MR) is 98.2 cm³/mol. The van der Waals surface area contributed by atoms with Crippen LogP contribution in [0.2, 0.25) is 0 Å². The lowest BCUT2D eigenvalue weighted by molar-refractivity contribution is -0.118. The second kappa shape index (κ2) is 8.34. The smallest absolute Gasteiger partial charge is 0.251 e. The van der Waals surface area contributed by atoms with Crippen LogP contribution in [0, 0.1) is 5.92 Å². The number of benzene rings is 1. The molecule has 0 aliphatic rings. The summed E-state index contributed by atoms with van der Waals surface area (Å²) in [6.07, 6.45) is 0.765. The van der Waals surface area contributed by atoms with Crippen molar-refractivity contribution in [2.24, 2.45) is 5.92 Å². The molecule has 0 radical (unpaired) electrons. The number of carbonyl (C=O) groups is 2. The van der Waals surface area contributed by atoms with Crippen molar-refractivity contribution in [2.75, 3.05) is 5.32 Å². The van der Waals surface area contributed by atoms with Crippen LogP contribution >= 0.6 is 27.3 Å². The summed E-state index contributed by atoms with van der Waals surface area (Å²) in [6.45, 7) is 5.73. The number of aryl methyl sites for hydroxylation is 1. The molecule has 2 aromatic rings. The Kier molecular flexibility index (Phi) is 6.44. The van der Waals surface area contributed by atoms with Crippen LogP contribution in [0.5, 0.6) is 0 Å². The Morgan fingerprint density at radius 2 is 1.88 bits per heavy atom. The molecule has 8 heteroatoms. The molecule has 2 N–H and O–H groups in total. The predicted octanol–water partition coefficient (Wildman–Crippen LogP) is 3.26.